The fourth-order valence-electron chi connectivity index (χ4n) is 1.49. The molecule has 0 bridgehead atoms. The minimum absolute atomic E-state index is 0.0799. The summed E-state index contributed by atoms with van der Waals surface area (Å²) in [5, 5.41) is 11.5. The fourth-order valence-corrected chi connectivity index (χ4v) is 1.49. The lowest BCUT2D eigenvalue weighted by Gasteiger charge is -2.22. The molecule has 21 heavy (non-hydrogen) atoms. The maximum absolute atomic E-state index is 11.9. The minimum atomic E-state index is -1.16. The maximum atomic E-state index is 11.9. The average Bonchev–Trinajstić information content (AvgIpc) is 2.90. The van der Waals surface area contributed by atoms with Crippen LogP contribution in [-0.4, -0.2) is 76.5 Å². The van der Waals surface area contributed by atoms with E-state index in [1.54, 1.807) is 14.1 Å². The molecule has 116 valence electrons. The third-order valence-corrected chi connectivity index (χ3v) is 2.79. The Kier molecular flexibility index (Phi) is 5.70. The third-order valence-electron chi connectivity index (χ3n) is 2.79. The summed E-state index contributed by atoms with van der Waals surface area (Å²) in [7, 11) is 4.57. The summed E-state index contributed by atoms with van der Waals surface area (Å²) in [5.74, 6) is -1.42. The van der Waals surface area contributed by atoms with Crippen molar-refractivity contribution >= 4 is 17.9 Å². The number of amides is 3. The predicted octanol–water partition coefficient (Wildman–Crippen LogP) is -0.865. The summed E-state index contributed by atoms with van der Waals surface area (Å²) in [5.41, 5.74) is 0.592. The van der Waals surface area contributed by atoms with Crippen molar-refractivity contribution in [3.63, 3.8) is 0 Å². The summed E-state index contributed by atoms with van der Waals surface area (Å²) in [6, 6.07) is -1.73. The average molecular weight is 297 g/mol. The van der Waals surface area contributed by atoms with E-state index in [-0.39, 0.29) is 18.9 Å². The first-order valence-electron chi connectivity index (χ1n) is 6.23. The molecule has 1 aromatic rings. The standard InChI is InChI=1S/C12H19N5O4/c1-16(2)10(18)6-17(3)12(21)15-9(11(19)20)4-8-5-13-7-14-8/h5,7,9H,4,6H2,1-3H3,(H,13,14)(H,15,21)(H,19,20)/t9-/m0/s1. The molecule has 0 aromatic carbocycles. The lowest BCUT2D eigenvalue weighted by atomic mass is 10.1. The van der Waals surface area contributed by atoms with Crippen molar-refractivity contribution in [1.29, 1.82) is 0 Å². The lowest BCUT2D eigenvalue weighted by Crippen LogP contribution is -2.49. The van der Waals surface area contributed by atoms with Crippen molar-refractivity contribution < 1.29 is 19.5 Å². The van der Waals surface area contributed by atoms with Crippen LogP contribution in [0.15, 0.2) is 12.5 Å². The molecule has 3 amide bonds. The minimum Gasteiger partial charge on any atom is -0.480 e. The van der Waals surface area contributed by atoms with Gasteiger partial charge in [0.1, 0.15) is 12.6 Å². The predicted molar refractivity (Wildman–Crippen MR) is 73.6 cm³/mol. The van der Waals surface area contributed by atoms with Gasteiger partial charge in [0.15, 0.2) is 0 Å². The molecule has 0 saturated heterocycles. The number of nitrogens with one attached hydrogen (secondary N) is 2. The Morgan fingerprint density at radius 2 is 2.05 bits per heavy atom. The van der Waals surface area contributed by atoms with Crippen LogP contribution in [0.3, 0.4) is 0 Å². The Morgan fingerprint density at radius 3 is 2.52 bits per heavy atom. The Bertz CT molecular complexity index is 500. The first-order chi connectivity index (χ1) is 9.81. The van der Waals surface area contributed by atoms with Gasteiger partial charge in [-0.25, -0.2) is 14.6 Å². The number of carbonyl (C=O) groups is 3. The zero-order valence-electron chi connectivity index (χ0n) is 12.2. The zero-order chi connectivity index (χ0) is 16.0. The van der Waals surface area contributed by atoms with E-state index in [1.165, 1.54) is 24.5 Å². The molecule has 9 heteroatoms. The van der Waals surface area contributed by atoms with Gasteiger partial charge >= 0.3 is 12.0 Å². The van der Waals surface area contributed by atoms with E-state index >= 15 is 0 Å². The summed E-state index contributed by atoms with van der Waals surface area (Å²) < 4.78 is 0. The van der Waals surface area contributed by atoms with Gasteiger partial charge in [0.2, 0.25) is 5.91 Å². The van der Waals surface area contributed by atoms with Crippen LogP contribution in [-0.2, 0) is 16.0 Å². The second kappa shape index (κ2) is 7.27. The van der Waals surface area contributed by atoms with Gasteiger partial charge in [-0.3, -0.25) is 4.79 Å². The number of nitrogens with zero attached hydrogens (tertiary/aromatic N) is 3. The van der Waals surface area contributed by atoms with Gasteiger partial charge in [0.25, 0.3) is 0 Å². The van der Waals surface area contributed by atoms with Gasteiger partial charge in [-0.2, -0.15) is 0 Å². The van der Waals surface area contributed by atoms with Crippen molar-refractivity contribution in [3.05, 3.63) is 18.2 Å². The maximum Gasteiger partial charge on any atom is 0.326 e. The number of hydrogen-bond acceptors (Lipinski definition) is 4. The molecule has 1 heterocycles. The van der Waals surface area contributed by atoms with Gasteiger partial charge in [-0.05, 0) is 0 Å². The Balaban J connectivity index is 2.60. The van der Waals surface area contributed by atoms with Crippen LogP contribution in [0, 0.1) is 0 Å². The van der Waals surface area contributed by atoms with Crippen LogP contribution in [0.5, 0.6) is 0 Å². The first-order valence-corrected chi connectivity index (χ1v) is 6.23. The second-order valence-corrected chi connectivity index (χ2v) is 4.77. The zero-order valence-corrected chi connectivity index (χ0v) is 12.2. The first kappa shape index (κ1) is 16.5. The molecule has 0 aliphatic carbocycles. The molecule has 9 nitrogen and oxygen atoms in total. The lowest BCUT2D eigenvalue weighted by molar-refractivity contribution is -0.139. The quantitative estimate of drug-likeness (QED) is 0.631. The van der Waals surface area contributed by atoms with E-state index in [0.717, 1.165) is 4.90 Å². The molecule has 1 atom stereocenters. The van der Waals surface area contributed by atoms with E-state index in [0.29, 0.717) is 5.69 Å². The number of likely N-dealkylation sites (N-methyl/N-ethyl adjacent to an activating group) is 2. The molecular formula is C12H19N5O4. The van der Waals surface area contributed by atoms with Crippen LogP contribution in [0.4, 0.5) is 4.79 Å². The van der Waals surface area contributed by atoms with Crippen LogP contribution < -0.4 is 5.32 Å². The molecule has 1 rings (SSSR count). The number of carboxylic acid groups (broad SMARTS) is 1. The number of urea groups is 1. The molecule has 0 aliphatic rings. The SMILES string of the molecule is CN(C)C(=O)CN(C)C(=O)N[C@@H](Cc1cnc[nH]1)C(=O)O. The van der Waals surface area contributed by atoms with Gasteiger partial charge in [-0.1, -0.05) is 0 Å². The van der Waals surface area contributed by atoms with E-state index in [2.05, 4.69) is 15.3 Å². The number of aromatic amines is 1. The highest BCUT2D eigenvalue weighted by atomic mass is 16.4. The Morgan fingerprint density at radius 1 is 1.38 bits per heavy atom. The van der Waals surface area contributed by atoms with Crippen LogP contribution >= 0.6 is 0 Å². The van der Waals surface area contributed by atoms with Gasteiger partial charge in [-0.15, -0.1) is 0 Å². The molecule has 0 spiro atoms. The number of carboxylic acids is 1. The third kappa shape index (κ3) is 5.13. The molecular weight excluding hydrogens is 278 g/mol. The molecule has 0 aliphatic heterocycles. The highest BCUT2D eigenvalue weighted by Crippen LogP contribution is 2.00. The molecule has 1 aromatic heterocycles. The van der Waals surface area contributed by atoms with Gasteiger partial charge in [0, 0.05) is 39.5 Å². The second-order valence-electron chi connectivity index (χ2n) is 4.77. The summed E-state index contributed by atoms with van der Waals surface area (Å²) in [6.45, 7) is -0.130. The molecule has 0 fully saturated rings. The normalized spacial score (nSPS) is 11.6. The van der Waals surface area contributed by atoms with Crippen molar-refractivity contribution in [1.82, 2.24) is 25.1 Å². The number of hydrogen-bond donors (Lipinski definition) is 3. The van der Waals surface area contributed by atoms with Crippen molar-refractivity contribution in [2.24, 2.45) is 0 Å². The number of H-pyrrole nitrogens is 1. The van der Waals surface area contributed by atoms with E-state index in [1.807, 2.05) is 0 Å². The summed E-state index contributed by atoms with van der Waals surface area (Å²) in [4.78, 5) is 43.6. The number of imidazole rings is 1. The summed E-state index contributed by atoms with van der Waals surface area (Å²) >= 11 is 0. The summed E-state index contributed by atoms with van der Waals surface area (Å²) in [6.07, 6.45) is 3.00. The highest BCUT2D eigenvalue weighted by molar-refractivity contribution is 5.86. The fraction of sp³-hybridized carbons (Fsp3) is 0.500. The Hall–Kier alpha value is -2.58. The highest BCUT2D eigenvalue weighted by Gasteiger charge is 2.23. The molecule has 0 saturated carbocycles. The van der Waals surface area contributed by atoms with Crippen LogP contribution in [0.2, 0.25) is 0 Å². The number of aromatic nitrogens is 2. The number of carbonyl (C=O) groups excluding carboxylic acids is 2. The van der Waals surface area contributed by atoms with E-state index in [9.17, 15) is 14.4 Å². The smallest absolute Gasteiger partial charge is 0.326 e. The number of rotatable bonds is 6. The van der Waals surface area contributed by atoms with Gasteiger partial charge < -0.3 is 25.2 Å². The van der Waals surface area contributed by atoms with Crippen molar-refractivity contribution in [2.45, 2.75) is 12.5 Å². The van der Waals surface area contributed by atoms with Crippen molar-refractivity contribution in [3.8, 4) is 0 Å². The monoisotopic (exact) mass is 297 g/mol. The van der Waals surface area contributed by atoms with Crippen molar-refractivity contribution in [2.75, 3.05) is 27.7 Å². The molecule has 0 radical (unpaired) electrons. The van der Waals surface area contributed by atoms with Crippen LogP contribution in [0.1, 0.15) is 5.69 Å². The van der Waals surface area contributed by atoms with Gasteiger partial charge in [0.05, 0.1) is 6.33 Å². The van der Waals surface area contributed by atoms with E-state index in [4.69, 9.17) is 5.11 Å². The number of aliphatic carboxylic acids is 1. The topological polar surface area (TPSA) is 119 Å². The Labute approximate surface area is 121 Å². The molecule has 0 unspecified atom stereocenters. The van der Waals surface area contributed by atoms with E-state index < -0.39 is 18.0 Å². The largest absolute Gasteiger partial charge is 0.480 e. The molecule has 3 N–H and O–H groups in total. The van der Waals surface area contributed by atoms with Crippen LogP contribution in [0.25, 0.3) is 0 Å².